The van der Waals surface area contributed by atoms with Gasteiger partial charge in [0.25, 0.3) is 0 Å². The number of rotatable bonds is 2. The van der Waals surface area contributed by atoms with Crippen molar-refractivity contribution in [1.29, 1.82) is 0 Å². The van der Waals surface area contributed by atoms with E-state index in [4.69, 9.17) is 29.6 Å². The van der Waals surface area contributed by atoms with Crippen molar-refractivity contribution >= 4 is 56.0 Å². The van der Waals surface area contributed by atoms with Gasteiger partial charge >= 0.3 is 0 Å². The molecule has 0 aliphatic rings. The normalized spacial score (nSPS) is 10.2. The van der Waals surface area contributed by atoms with Gasteiger partial charge < -0.3 is 5.32 Å². The van der Waals surface area contributed by atoms with Gasteiger partial charge in [-0.25, -0.2) is 9.97 Å². The molecule has 86 valence electrons. The topological polar surface area (TPSA) is 37.8 Å². The maximum Gasteiger partial charge on any atom is 0.160 e. The molecule has 2 aromatic rings. The van der Waals surface area contributed by atoms with Gasteiger partial charge in [0, 0.05) is 0 Å². The average molecular weight is 331 g/mol. The van der Waals surface area contributed by atoms with Gasteiger partial charge in [-0.05, 0) is 28.1 Å². The monoisotopic (exact) mass is 329 g/mol. The maximum atomic E-state index is 5.92. The molecule has 0 saturated carbocycles. The Hall–Kier alpha value is -1.02. The number of anilines is 1. The van der Waals surface area contributed by atoms with Crippen LogP contribution in [0.2, 0.25) is 10.0 Å². The van der Waals surface area contributed by atoms with E-state index < -0.39 is 0 Å². The minimum absolute atomic E-state index is 0.375. The predicted octanol–water partition coefficient (Wildman–Crippen LogP) is 3.74. The Balaban J connectivity index is 2.56. The third-order valence-electron chi connectivity index (χ3n) is 2.02. The number of fused-ring (bicyclic) bond motifs is 1. The Kier molecular flexibility index (Phi) is 3.72. The van der Waals surface area contributed by atoms with Crippen LogP contribution >= 0.6 is 39.1 Å². The Labute approximate surface area is 117 Å². The van der Waals surface area contributed by atoms with Gasteiger partial charge in [-0.15, -0.1) is 6.42 Å². The third kappa shape index (κ3) is 2.63. The van der Waals surface area contributed by atoms with E-state index in [-0.39, 0.29) is 0 Å². The van der Waals surface area contributed by atoms with Crippen LogP contribution in [-0.4, -0.2) is 16.5 Å². The number of terminal acetylenes is 1. The molecule has 2 rings (SSSR count). The second kappa shape index (κ2) is 5.09. The Morgan fingerprint density at radius 1 is 1.24 bits per heavy atom. The second-order valence-electron chi connectivity index (χ2n) is 3.18. The van der Waals surface area contributed by atoms with Gasteiger partial charge in [0.2, 0.25) is 0 Å². The van der Waals surface area contributed by atoms with E-state index in [1.54, 1.807) is 12.1 Å². The number of aromatic nitrogens is 2. The van der Waals surface area contributed by atoms with Crippen LogP contribution in [0.3, 0.4) is 0 Å². The van der Waals surface area contributed by atoms with Crippen LogP contribution in [-0.2, 0) is 0 Å². The molecule has 0 atom stereocenters. The van der Waals surface area contributed by atoms with E-state index in [9.17, 15) is 0 Å². The highest BCUT2D eigenvalue weighted by Gasteiger charge is 2.08. The summed E-state index contributed by atoms with van der Waals surface area (Å²) in [4.78, 5) is 8.67. The van der Waals surface area contributed by atoms with Gasteiger partial charge in [0.1, 0.15) is 4.60 Å². The maximum absolute atomic E-state index is 5.92. The first kappa shape index (κ1) is 12.4. The van der Waals surface area contributed by atoms with Gasteiger partial charge in [-0.1, -0.05) is 29.1 Å². The van der Waals surface area contributed by atoms with E-state index in [2.05, 4.69) is 37.1 Å². The third-order valence-corrected chi connectivity index (χ3v) is 3.30. The molecule has 1 heterocycles. The molecule has 0 aliphatic heterocycles. The zero-order valence-corrected chi connectivity index (χ0v) is 11.6. The summed E-state index contributed by atoms with van der Waals surface area (Å²) in [5.74, 6) is 3.04. The van der Waals surface area contributed by atoms with Gasteiger partial charge in [0.05, 0.1) is 27.6 Å². The molecular weight excluding hydrogens is 325 g/mol. The van der Waals surface area contributed by atoms with E-state index in [0.29, 0.717) is 38.0 Å². The summed E-state index contributed by atoms with van der Waals surface area (Å²) >= 11 is 15.1. The molecule has 17 heavy (non-hydrogen) atoms. The molecule has 1 N–H and O–H groups in total. The summed E-state index contributed by atoms with van der Waals surface area (Å²) in [6.07, 6.45) is 5.17. The van der Waals surface area contributed by atoms with Crippen molar-refractivity contribution in [2.75, 3.05) is 11.9 Å². The van der Waals surface area contributed by atoms with Crippen LogP contribution < -0.4 is 5.32 Å². The summed E-state index contributed by atoms with van der Waals surface area (Å²) in [6, 6.07) is 3.33. The largest absolute Gasteiger partial charge is 0.357 e. The first-order valence-corrected chi connectivity index (χ1v) is 6.16. The first-order valence-electron chi connectivity index (χ1n) is 4.61. The smallest absolute Gasteiger partial charge is 0.160 e. The van der Waals surface area contributed by atoms with E-state index >= 15 is 0 Å². The quantitative estimate of drug-likeness (QED) is 0.852. The van der Waals surface area contributed by atoms with Crippen molar-refractivity contribution in [3.63, 3.8) is 0 Å². The molecule has 0 fully saturated rings. The number of nitrogens with zero attached hydrogens (tertiary/aromatic N) is 2. The van der Waals surface area contributed by atoms with Crippen LogP contribution in [0, 0.1) is 12.3 Å². The highest BCUT2D eigenvalue weighted by atomic mass is 79.9. The number of halogens is 3. The zero-order valence-electron chi connectivity index (χ0n) is 8.47. The van der Waals surface area contributed by atoms with Gasteiger partial charge in [-0.2, -0.15) is 0 Å². The van der Waals surface area contributed by atoms with Gasteiger partial charge in [0.15, 0.2) is 5.82 Å². The second-order valence-corrected chi connectivity index (χ2v) is 4.74. The van der Waals surface area contributed by atoms with E-state index in [1.165, 1.54) is 0 Å². The van der Waals surface area contributed by atoms with Crippen molar-refractivity contribution < 1.29 is 0 Å². The molecule has 1 aromatic carbocycles. The molecule has 0 radical (unpaired) electrons. The average Bonchev–Trinajstić information content (AvgIpc) is 2.29. The molecule has 3 nitrogen and oxygen atoms in total. The number of nitrogens with one attached hydrogen (secondary N) is 1. The lowest BCUT2D eigenvalue weighted by Crippen LogP contribution is -2.03. The number of benzene rings is 1. The fraction of sp³-hybridized carbons (Fsp3) is 0.0909. The van der Waals surface area contributed by atoms with Gasteiger partial charge in [-0.3, -0.25) is 0 Å². The molecule has 0 spiro atoms. The standard InChI is InChI=1S/C11H6BrCl2N3/c1-2-3-15-11-10(12)16-8-4-6(13)7(14)5-9(8)17-11/h1,4-5H,3H2,(H,15,17). The van der Waals surface area contributed by atoms with Crippen molar-refractivity contribution in [2.45, 2.75) is 0 Å². The Bertz CT molecular complexity index is 622. The summed E-state index contributed by atoms with van der Waals surface area (Å²) in [6.45, 7) is 0.375. The summed E-state index contributed by atoms with van der Waals surface area (Å²) in [5, 5.41) is 3.85. The van der Waals surface area contributed by atoms with E-state index in [0.717, 1.165) is 0 Å². The van der Waals surface area contributed by atoms with Crippen LogP contribution in [0.15, 0.2) is 16.7 Å². The zero-order chi connectivity index (χ0) is 12.4. The molecule has 0 saturated heterocycles. The molecule has 0 aliphatic carbocycles. The lowest BCUT2D eigenvalue weighted by Gasteiger charge is -2.06. The van der Waals surface area contributed by atoms with Crippen molar-refractivity contribution in [1.82, 2.24) is 9.97 Å². The highest BCUT2D eigenvalue weighted by molar-refractivity contribution is 9.10. The van der Waals surface area contributed by atoms with Crippen LogP contribution in [0.25, 0.3) is 11.0 Å². The fourth-order valence-corrected chi connectivity index (χ4v) is 2.01. The fourth-order valence-electron chi connectivity index (χ4n) is 1.28. The molecule has 6 heteroatoms. The highest BCUT2D eigenvalue weighted by Crippen LogP contribution is 2.28. The van der Waals surface area contributed by atoms with Crippen molar-refractivity contribution in [2.24, 2.45) is 0 Å². The lowest BCUT2D eigenvalue weighted by atomic mass is 10.3. The summed E-state index contributed by atoms with van der Waals surface area (Å²) in [5.41, 5.74) is 1.32. The molecule has 1 aromatic heterocycles. The van der Waals surface area contributed by atoms with Crippen molar-refractivity contribution in [3.05, 3.63) is 26.8 Å². The van der Waals surface area contributed by atoms with E-state index in [1.807, 2.05) is 0 Å². The lowest BCUT2D eigenvalue weighted by molar-refractivity contribution is 1.20. The Morgan fingerprint density at radius 2 is 1.82 bits per heavy atom. The summed E-state index contributed by atoms with van der Waals surface area (Å²) < 4.78 is 0.582. The van der Waals surface area contributed by atoms with Crippen LogP contribution in [0.4, 0.5) is 5.82 Å². The van der Waals surface area contributed by atoms with Crippen LogP contribution in [0.5, 0.6) is 0 Å². The van der Waals surface area contributed by atoms with Crippen molar-refractivity contribution in [3.8, 4) is 12.3 Å². The molecule has 0 unspecified atom stereocenters. The minimum Gasteiger partial charge on any atom is -0.357 e. The molecule has 0 amide bonds. The summed E-state index contributed by atoms with van der Waals surface area (Å²) in [7, 11) is 0. The Morgan fingerprint density at radius 3 is 2.41 bits per heavy atom. The van der Waals surface area contributed by atoms with Crippen LogP contribution in [0.1, 0.15) is 0 Å². The SMILES string of the molecule is C#CCNc1nc2cc(Cl)c(Cl)cc2nc1Br. The number of hydrogen-bond acceptors (Lipinski definition) is 3. The molecule has 0 bridgehead atoms. The molecular formula is C11H6BrCl2N3. The number of hydrogen-bond donors (Lipinski definition) is 1. The minimum atomic E-state index is 0.375. The first-order chi connectivity index (χ1) is 8.11. The predicted molar refractivity (Wildman–Crippen MR) is 74.6 cm³/mol.